The van der Waals surface area contributed by atoms with Crippen LogP contribution in [0, 0.1) is 0 Å². The van der Waals surface area contributed by atoms with E-state index in [4.69, 9.17) is 9.47 Å². The van der Waals surface area contributed by atoms with Crippen LogP contribution >= 0.6 is 0 Å². The highest BCUT2D eigenvalue weighted by molar-refractivity contribution is 5.19. The van der Waals surface area contributed by atoms with E-state index in [1.165, 1.54) is 5.56 Å². The van der Waals surface area contributed by atoms with Crippen LogP contribution in [0.4, 0.5) is 0 Å². The van der Waals surface area contributed by atoms with E-state index in [2.05, 4.69) is 42.2 Å². The summed E-state index contributed by atoms with van der Waals surface area (Å²) in [6, 6.07) is 11.7. The lowest BCUT2D eigenvalue weighted by Crippen LogP contribution is -2.56. The van der Waals surface area contributed by atoms with Crippen LogP contribution in [0.5, 0.6) is 0 Å². The molecule has 3 atom stereocenters. The molecule has 2 heterocycles. The molecule has 1 aromatic carbocycles. The van der Waals surface area contributed by atoms with Crippen LogP contribution in [-0.4, -0.2) is 43.4 Å². The fourth-order valence-electron chi connectivity index (χ4n) is 3.12. The zero-order valence-corrected chi connectivity index (χ0v) is 10.9. The minimum absolute atomic E-state index is 0.263. The van der Waals surface area contributed by atoms with Gasteiger partial charge in [0.05, 0.1) is 19.3 Å². The Labute approximate surface area is 109 Å². The maximum absolute atomic E-state index is 5.83. The molecule has 0 unspecified atom stereocenters. The molecule has 3 heteroatoms. The SMILES string of the molecule is C[C@@H](c1ccccc1)N1CCO[C@@H]2COCC[C@@H]21. The van der Waals surface area contributed by atoms with Gasteiger partial charge < -0.3 is 9.47 Å². The normalized spacial score (nSPS) is 30.7. The van der Waals surface area contributed by atoms with E-state index in [1.54, 1.807) is 0 Å². The lowest BCUT2D eigenvalue weighted by molar-refractivity contribution is -0.144. The van der Waals surface area contributed by atoms with Gasteiger partial charge in [-0.15, -0.1) is 0 Å². The average Bonchev–Trinajstić information content (AvgIpc) is 2.47. The van der Waals surface area contributed by atoms with Crippen molar-refractivity contribution in [2.75, 3.05) is 26.4 Å². The molecule has 2 saturated heterocycles. The summed E-state index contributed by atoms with van der Waals surface area (Å²) in [6.45, 7) is 5.76. The van der Waals surface area contributed by atoms with Gasteiger partial charge in [0.25, 0.3) is 0 Å². The van der Waals surface area contributed by atoms with Crippen LogP contribution < -0.4 is 0 Å². The fourth-order valence-corrected chi connectivity index (χ4v) is 3.12. The van der Waals surface area contributed by atoms with E-state index in [1.807, 2.05) is 0 Å². The predicted octanol–water partition coefficient (Wildman–Crippen LogP) is 2.24. The molecule has 0 aromatic heterocycles. The Morgan fingerprint density at radius 2 is 2.06 bits per heavy atom. The molecule has 2 fully saturated rings. The minimum Gasteiger partial charge on any atom is -0.379 e. The fraction of sp³-hybridized carbons (Fsp3) is 0.600. The van der Waals surface area contributed by atoms with E-state index in [0.717, 1.165) is 32.8 Å². The van der Waals surface area contributed by atoms with Crippen molar-refractivity contribution >= 4 is 0 Å². The molecule has 18 heavy (non-hydrogen) atoms. The van der Waals surface area contributed by atoms with E-state index >= 15 is 0 Å². The molecule has 0 spiro atoms. The van der Waals surface area contributed by atoms with Gasteiger partial charge in [0.15, 0.2) is 0 Å². The Hall–Kier alpha value is -0.900. The van der Waals surface area contributed by atoms with Gasteiger partial charge in [-0.25, -0.2) is 0 Å². The van der Waals surface area contributed by atoms with Crippen LogP contribution in [0.25, 0.3) is 0 Å². The second-order valence-corrected chi connectivity index (χ2v) is 5.16. The minimum atomic E-state index is 0.263. The topological polar surface area (TPSA) is 21.7 Å². The molecule has 3 nitrogen and oxygen atoms in total. The van der Waals surface area contributed by atoms with Gasteiger partial charge >= 0.3 is 0 Å². The van der Waals surface area contributed by atoms with Crippen LogP contribution in [0.1, 0.15) is 24.9 Å². The molecule has 1 aromatic rings. The first kappa shape index (κ1) is 12.2. The second kappa shape index (κ2) is 5.39. The van der Waals surface area contributed by atoms with Gasteiger partial charge in [-0.2, -0.15) is 0 Å². The van der Waals surface area contributed by atoms with E-state index in [0.29, 0.717) is 12.1 Å². The quantitative estimate of drug-likeness (QED) is 0.800. The second-order valence-electron chi connectivity index (χ2n) is 5.16. The molecular formula is C15H21NO2. The van der Waals surface area contributed by atoms with Crippen molar-refractivity contribution < 1.29 is 9.47 Å². The van der Waals surface area contributed by atoms with E-state index in [9.17, 15) is 0 Å². The molecule has 3 rings (SSSR count). The highest BCUT2D eigenvalue weighted by atomic mass is 16.5. The zero-order chi connectivity index (χ0) is 12.4. The lowest BCUT2D eigenvalue weighted by Gasteiger charge is -2.46. The number of nitrogens with zero attached hydrogens (tertiary/aromatic N) is 1. The number of benzene rings is 1. The zero-order valence-electron chi connectivity index (χ0n) is 10.9. The molecule has 0 aliphatic carbocycles. The summed E-state index contributed by atoms with van der Waals surface area (Å²) in [5.41, 5.74) is 1.39. The molecule has 0 bridgehead atoms. The Balaban J connectivity index is 1.77. The summed E-state index contributed by atoms with van der Waals surface area (Å²) in [4.78, 5) is 2.59. The van der Waals surface area contributed by atoms with Crippen molar-refractivity contribution in [3.05, 3.63) is 35.9 Å². The van der Waals surface area contributed by atoms with Crippen LogP contribution in [0.3, 0.4) is 0 Å². The molecule has 0 N–H and O–H groups in total. The Morgan fingerprint density at radius 1 is 1.22 bits per heavy atom. The van der Waals surface area contributed by atoms with Gasteiger partial charge in [0.2, 0.25) is 0 Å². The molecule has 0 saturated carbocycles. The van der Waals surface area contributed by atoms with Gasteiger partial charge in [0, 0.05) is 25.2 Å². The highest BCUT2D eigenvalue weighted by Crippen LogP contribution is 2.30. The summed E-state index contributed by atoms with van der Waals surface area (Å²) < 4.78 is 11.4. The Morgan fingerprint density at radius 3 is 2.89 bits per heavy atom. The van der Waals surface area contributed by atoms with Crippen molar-refractivity contribution in [1.82, 2.24) is 4.90 Å². The molecule has 0 radical (unpaired) electrons. The Bertz CT molecular complexity index is 379. The lowest BCUT2D eigenvalue weighted by atomic mass is 9.97. The first-order valence-electron chi connectivity index (χ1n) is 6.86. The summed E-state index contributed by atoms with van der Waals surface area (Å²) >= 11 is 0. The van der Waals surface area contributed by atoms with Gasteiger partial charge in [-0.1, -0.05) is 30.3 Å². The number of hydrogen-bond donors (Lipinski definition) is 0. The number of rotatable bonds is 2. The summed E-state index contributed by atoms with van der Waals surface area (Å²) in [7, 11) is 0. The maximum Gasteiger partial charge on any atom is 0.0964 e. The first-order chi connectivity index (χ1) is 8.86. The summed E-state index contributed by atoms with van der Waals surface area (Å²) in [5.74, 6) is 0. The first-order valence-corrected chi connectivity index (χ1v) is 6.86. The number of morpholine rings is 1. The Kier molecular flexibility index (Phi) is 3.64. The van der Waals surface area contributed by atoms with Gasteiger partial charge in [0.1, 0.15) is 0 Å². The summed E-state index contributed by atoms with van der Waals surface area (Å²) in [6.07, 6.45) is 1.35. The third-order valence-corrected chi connectivity index (χ3v) is 4.16. The third-order valence-electron chi connectivity index (χ3n) is 4.16. The highest BCUT2D eigenvalue weighted by Gasteiger charge is 2.37. The maximum atomic E-state index is 5.83. The number of fused-ring (bicyclic) bond motifs is 1. The van der Waals surface area contributed by atoms with Crippen LogP contribution in [0.2, 0.25) is 0 Å². The van der Waals surface area contributed by atoms with Crippen molar-refractivity contribution in [3.8, 4) is 0 Å². The van der Waals surface area contributed by atoms with Crippen molar-refractivity contribution in [2.24, 2.45) is 0 Å². The largest absolute Gasteiger partial charge is 0.379 e. The van der Waals surface area contributed by atoms with E-state index in [-0.39, 0.29) is 6.10 Å². The van der Waals surface area contributed by atoms with Crippen LogP contribution in [-0.2, 0) is 9.47 Å². The van der Waals surface area contributed by atoms with Crippen molar-refractivity contribution in [2.45, 2.75) is 31.5 Å². The number of ether oxygens (including phenoxy) is 2. The molecule has 0 amide bonds. The molecule has 2 aliphatic heterocycles. The molecule has 98 valence electrons. The monoisotopic (exact) mass is 247 g/mol. The number of hydrogen-bond acceptors (Lipinski definition) is 3. The van der Waals surface area contributed by atoms with Gasteiger partial charge in [-0.05, 0) is 18.9 Å². The van der Waals surface area contributed by atoms with Crippen molar-refractivity contribution in [3.63, 3.8) is 0 Å². The average molecular weight is 247 g/mol. The molecular weight excluding hydrogens is 226 g/mol. The third kappa shape index (κ3) is 2.30. The standard InChI is InChI=1S/C15H21NO2/c1-12(13-5-3-2-4-6-13)16-8-10-18-15-11-17-9-7-14(15)16/h2-6,12,14-15H,7-11H2,1H3/t12-,14-,15+/m0/s1. The molecule has 2 aliphatic rings. The smallest absolute Gasteiger partial charge is 0.0964 e. The predicted molar refractivity (Wildman–Crippen MR) is 70.5 cm³/mol. The van der Waals surface area contributed by atoms with Crippen LogP contribution in [0.15, 0.2) is 30.3 Å². The van der Waals surface area contributed by atoms with E-state index < -0.39 is 0 Å². The van der Waals surface area contributed by atoms with Gasteiger partial charge in [-0.3, -0.25) is 4.90 Å². The summed E-state index contributed by atoms with van der Waals surface area (Å²) in [5, 5.41) is 0. The van der Waals surface area contributed by atoms with Crippen molar-refractivity contribution in [1.29, 1.82) is 0 Å².